The van der Waals surface area contributed by atoms with Gasteiger partial charge in [-0.15, -0.1) is 0 Å². The number of hydrogen-bond donors (Lipinski definition) is 2. The first-order valence-corrected chi connectivity index (χ1v) is 7.33. The van der Waals surface area contributed by atoms with Crippen LogP contribution in [0.4, 0.5) is 5.13 Å². The zero-order valence-corrected chi connectivity index (χ0v) is 12.2. The number of benzene rings is 1. The van der Waals surface area contributed by atoms with Crippen molar-refractivity contribution in [2.75, 3.05) is 5.73 Å². The van der Waals surface area contributed by atoms with E-state index < -0.39 is 0 Å². The van der Waals surface area contributed by atoms with Gasteiger partial charge in [0.15, 0.2) is 5.13 Å². The minimum Gasteiger partial charge on any atom is -0.375 e. The molecule has 0 spiro atoms. The molecule has 6 heteroatoms. The summed E-state index contributed by atoms with van der Waals surface area (Å²) in [6.45, 7) is 1.91. The van der Waals surface area contributed by atoms with Crippen molar-refractivity contribution in [3.05, 3.63) is 53.9 Å². The van der Waals surface area contributed by atoms with Crippen LogP contribution in [0.25, 0.3) is 10.2 Å². The number of nitrogens with one attached hydrogen (secondary N) is 1. The first kappa shape index (κ1) is 13.5. The number of nitrogens with zero attached hydrogens (tertiary/aromatic N) is 2. The zero-order valence-electron chi connectivity index (χ0n) is 11.4. The Hall–Kier alpha value is -2.47. The third-order valence-corrected chi connectivity index (χ3v) is 3.99. The van der Waals surface area contributed by atoms with Gasteiger partial charge >= 0.3 is 0 Å². The van der Waals surface area contributed by atoms with Crippen LogP contribution in [0.3, 0.4) is 0 Å². The second-order valence-corrected chi connectivity index (χ2v) is 5.75. The van der Waals surface area contributed by atoms with E-state index in [0.29, 0.717) is 10.7 Å². The molecule has 0 aliphatic heterocycles. The molecular formula is C15H14N4OS. The van der Waals surface area contributed by atoms with Crippen molar-refractivity contribution in [2.24, 2.45) is 0 Å². The number of rotatable bonds is 3. The minimum atomic E-state index is -0.152. The largest absolute Gasteiger partial charge is 0.375 e. The van der Waals surface area contributed by atoms with Crippen LogP contribution < -0.4 is 11.1 Å². The van der Waals surface area contributed by atoms with Gasteiger partial charge in [-0.1, -0.05) is 17.4 Å². The molecule has 5 nitrogen and oxygen atoms in total. The molecule has 0 radical (unpaired) electrons. The summed E-state index contributed by atoms with van der Waals surface area (Å²) in [7, 11) is 0. The molecule has 1 aromatic carbocycles. The van der Waals surface area contributed by atoms with Gasteiger partial charge < -0.3 is 11.1 Å². The summed E-state index contributed by atoms with van der Waals surface area (Å²) in [6.07, 6.45) is 1.71. The summed E-state index contributed by atoms with van der Waals surface area (Å²) in [5.74, 6) is -0.137. The van der Waals surface area contributed by atoms with Gasteiger partial charge in [0.25, 0.3) is 5.91 Å². The van der Waals surface area contributed by atoms with E-state index >= 15 is 0 Å². The van der Waals surface area contributed by atoms with Crippen molar-refractivity contribution in [1.29, 1.82) is 0 Å². The molecule has 0 unspecified atom stereocenters. The summed E-state index contributed by atoms with van der Waals surface area (Å²) in [5.41, 5.74) is 7.90. The highest BCUT2D eigenvalue weighted by Crippen LogP contribution is 2.24. The number of carbonyl (C=O) groups excluding carboxylic acids is 1. The number of carbonyl (C=O) groups is 1. The van der Waals surface area contributed by atoms with Gasteiger partial charge in [-0.3, -0.25) is 9.78 Å². The van der Waals surface area contributed by atoms with E-state index in [0.717, 1.165) is 15.9 Å². The van der Waals surface area contributed by atoms with Gasteiger partial charge in [0, 0.05) is 11.8 Å². The van der Waals surface area contributed by atoms with Crippen LogP contribution >= 0.6 is 11.3 Å². The predicted octanol–water partition coefficient (Wildman–Crippen LogP) is 2.76. The van der Waals surface area contributed by atoms with Crippen molar-refractivity contribution in [3.8, 4) is 0 Å². The van der Waals surface area contributed by atoms with Crippen LogP contribution in [0, 0.1) is 0 Å². The first-order valence-electron chi connectivity index (χ1n) is 6.51. The fraction of sp³-hybridized carbons (Fsp3) is 0.133. The Bertz CT molecular complexity index is 785. The van der Waals surface area contributed by atoms with Crippen LogP contribution in [0.2, 0.25) is 0 Å². The molecule has 1 amide bonds. The van der Waals surface area contributed by atoms with Crippen molar-refractivity contribution < 1.29 is 4.79 Å². The standard InChI is InChI=1S/C15H14N4OS/c1-9(11-4-2-3-7-17-11)18-14(20)10-5-6-12-13(8-10)21-15(16)19-12/h2-9H,1H3,(H2,16,19)(H,18,20)/t9-/m0/s1. The average Bonchev–Trinajstić information content (AvgIpc) is 2.87. The van der Waals surface area contributed by atoms with Crippen LogP contribution in [-0.2, 0) is 0 Å². The van der Waals surface area contributed by atoms with E-state index in [2.05, 4.69) is 15.3 Å². The van der Waals surface area contributed by atoms with Gasteiger partial charge in [-0.05, 0) is 37.3 Å². The van der Waals surface area contributed by atoms with E-state index in [4.69, 9.17) is 5.73 Å². The minimum absolute atomic E-state index is 0.137. The quantitative estimate of drug-likeness (QED) is 0.779. The Morgan fingerprint density at radius 2 is 2.19 bits per heavy atom. The van der Waals surface area contributed by atoms with Gasteiger partial charge in [0.05, 0.1) is 22.0 Å². The van der Waals surface area contributed by atoms with Crippen molar-refractivity contribution >= 4 is 32.6 Å². The first-order chi connectivity index (χ1) is 10.1. The highest BCUT2D eigenvalue weighted by Gasteiger charge is 2.13. The molecule has 3 rings (SSSR count). The lowest BCUT2D eigenvalue weighted by Gasteiger charge is -2.13. The summed E-state index contributed by atoms with van der Waals surface area (Å²) >= 11 is 1.37. The Morgan fingerprint density at radius 3 is 2.95 bits per heavy atom. The van der Waals surface area contributed by atoms with E-state index in [9.17, 15) is 4.79 Å². The Morgan fingerprint density at radius 1 is 1.33 bits per heavy atom. The van der Waals surface area contributed by atoms with E-state index in [1.54, 1.807) is 12.3 Å². The number of amides is 1. The fourth-order valence-corrected chi connectivity index (χ4v) is 2.84. The van der Waals surface area contributed by atoms with Gasteiger partial charge in [0.1, 0.15) is 0 Å². The van der Waals surface area contributed by atoms with Gasteiger partial charge in [-0.2, -0.15) is 0 Å². The molecule has 1 atom stereocenters. The smallest absolute Gasteiger partial charge is 0.251 e. The number of aromatic nitrogens is 2. The molecule has 0 aliphatic rings. The molecule has 3 N–H and O–H groups in total. The summed E-state index contributed by atoms with van der Waals surface area (Å²) < 4.78 is 0.908. The maximum atomic E-state index is 12.3. The summed E-state index contributed by atoms with van der Waals surface area (Å²) in [5, 5.41) is 3.44. The SMILES string of the molecule is C[C@H](NC(=O)c1ccc2nc(N)sc2c1)c1ccccn1. The molecule has 3 aromatic rings. The number of nitrogens with two attached hydrogens (primary N) is 1. The van der Waals surface area contributed by atoms with Crippen LogP contribution in [0.5, 0.6) is 0 Å². The van der Waals surface area contributed by atoms with Gasteiger partial charge in [0.2, 0.25) is 0 Å². The Kier molecular flexibility index (Phi) is 3.53. The topological polar surface area (TPSA) is 80.9 Å². The lowest BCUT2D eigenvalue weighted by Crippen LogP contribution is -2.27. The monoisotopic (exact) mass is 298 g/mol. The zero-order chi connectivity index (χ0) is 14.8. The third kappa shape index (κ3) is 2.85. The van der Waals surface area contributed by atoms with E-state index in [1.807, 2.05) is 37.3 Å². The lowest BCUT2D eigenvalue weighted by molar-refractivity contribution is 0.0939. The summed E-state index contributed by atoms with van der Waals surface area (Å²) in [6, 6.07) is 10.9. The molecule has 2 heterocycles. The van der Waals surface area contributed by atoms with Crippen LogP contribution in [-0.4, -0.2) is 15.9 Å². The number of anilines is 1. The normalized spacial score (nSPS) is 12.2. The average molecular weight is 298 g/mol. The number of nitrogen functional groups attached to an aromatic ring is 1. The molecule has 21 heavy (non-hydrogen) atoms. The van der Waals surface area contributed by atoms with E-state index in [1.165, 1.54) is 11.3 Å². The summed E-state index contributed by atoms with van der Waals surface area (Å²) in [4.78, 5) is 20.7. The molecule has 2 aromatic heterocycles. The Labute approximate surface area is 125 Å². The number of fused-ring (bicyclic) bond motifs is 1. The molecular weight excluding hydrogens is 284 g/mol. The highest BCUT2D eigenvalue weighted by atomic mass is 32.1. The molecule has 0 fully saturated rings. The second-order valence-electron chi connectivity index (χ2n) is 4.68. The van der Waals surface area contributed by atoms with E-state index in [-0.39, 0.29) is 11.9 Å². The highest BCUT2D eigenvalue weighted by molar-refractivity contribution is 7.22. The molecule has 0 bridgehead atoms. The van der Waals surface area contributed by atoms with Crippen LogP contribution in [0.1, 0.15) is 29.0 Å². The van der Waals surface area contributed by atoms with Crippen molar-refractivity contribution in [3.63, 3.8) is 0 Å². The number of hydrogen-bond acceptors (Lipinski definition) is 5. The predicted molar refractivity (Wildman–Crippen MR) is 84.2 cm³/mol. The van der Waals surface area contributed by atoms with Crippen LogP contribution in [0.15, 0.2) is 42.6 Å². The lowest BCUT2D eigenvalue weighted by atomic mass is 10.1. The number of pyridine rings is 1. The fourth-order valence-electron chi connectivity index (χ4n) is 2.07. The molecule has 0 saturated heterocycles. The van der Waals surface area contributed by atoms with Crippen molar-refractivity contribution in [2.45, 2.75) is 13.0 Å². The maximum absolute atomic E-state index is 12.3. The number of thiazole rings is 1. The molecule has 106 valence electrons. The molecule has 0 aliphatic carbocycles. The van der Waals surface area contributed by atoms with Gasteiger partial charge in [-0.25, -0.2) is 4.98 Å². The molecule has 0 saturated carbocycles. The third-order valence-electron chi connectivity index (χ3n) is 3.15. The maximum Gasteiger partial charge on any atom is 0.251 e. The van der Waals surface area contributed by atoms with Crippen molar-refractivity contribution in [1.82, 2.24) is 15.3 Å². The Balaban J connectivity index is 1.80. The second kappa shape index (κ2) is 5.49.